The number of nitrogens with zero attached hydrogens (tertiary/aromatic N) is 1. The molecule has 0 aliphatic heterocycles. The first kappa shape index (κ1) is 12.8. The van der Waals surface area contributed by atoms with Crippen LogP contribution < -0.4 is 10.5 Å². The van der Waals surface area contributed by atoms with Gasteiger partial charge in [-0.3, -0.25) is 14.9 Å². The second-order valence-corrected chi connectivity index (χ2v) is 3.12. The minimum atomic E-state index is -1.31. The highest BCUT2D eigenvalue weighted by Crippen LogP contribution is 2.27. The second kappa shape index (κ2) is 5.21. The van der Waals surface area contributed by atoms with E-state index in [2.05, 4.69) is 0 Å². The molecule has 1 rings (SSSR count). The first-order valence-corrected chi connectivity index (χ1v) is 4.47. The Morgan fingerprint density at radius 3 is 2.82 bits per heavy atom. The third-order valence-electron chi connectivity index (χ3n) is 1.85. The third-order valence-corrected chi connectivity index (χ3v) is 1.85. The van der Waals surface area contributed by atoms with Crippen LogP contribution in [0.3, 0.4) is 0 Å². The van der Waals surface area contributed by atoms with Gasteiger partial charge < -0.3 is 15.6 Å². The number of nitro benzene ring substituents is 1. The van der Waals surface area contributed by atoms with Crippen LogP contribution in [0.4, 0.5) is 10.1 Å². The van der Waals surface area contributed by atoms with E-state index in [1.54, 1.807) is 0 Å². The standard InChI is InChI=1S/C9H9FN2O5/c10-5-1-2-8(7(3-5)12(15)16)17-4-6(11)9(13)14/h1-3,6H,4,11H2,(H,13,14). The molecule has 0 fully saturated rings. The van der Waals surface area contributed by atoms with Crippen LogP contribution in [0.5, 0.6) is 5.75 Å². The van der Waals surface area contributed by atoms with Crippen molar-refractivity contribution in [2.75, 3.05) is 6.61 Å². The van der Waals surface area contributed by atoms with Crippen molar-refractivity contribution in [3.8, 4) is 5.75 Å². The zero-order valence-electron chi connectivity index (χ0n) is 8.50. The highest BCUT2D eigenvalue weighted by molar-refractivity contribution is 5.73. The largest absolute Gasteiger partial charge is 0.485 e. The maximum atomic E-state index is 12.8. The van der Waals surface area contributed by atoms with Crippen molar-refractivity contribution in [3.05, 3.63) is 34.1 Å². The number of ether oxygens (including phenoxy) is 1. The molecule has 1 aromatic rings. The normalized spacial score (nSPS) is 11.9. The van der Waals surface area contributed by atoms with Crippen molar-refractivity contribution < 1.29 is 24.0 Å². The van der Waals surface area contributed by atoms with E-state index in [0.29, 0.717) is 6.07 Å². The summed E-state index contributed by atoms with van der Waals surface area (Å²) in [4.78, 5) is 20.1. The molecule has 0 bridgehead atoms. The molecule has 0 amide bonds. The predicted octanol–water partition coefficient (Wildman–Crippen LogP) is 0.525. The molecular formula is C9H9FN2O5. The number of carbonyl (C=O) groups is 1. The maximum Gasteiger partial charge on any atom is 0.324 e. The first-order valence-electron chi connectivity index (χ1n) is 4.47. The summed E-state index contributed by atoms with van der Waals surface area (Å²) in [6.07, 6.45) is 0. The van der Waals surface area contributed by atoms with Crippen LogP contribution in [-0.4, -0.2) is 28.6 Å². The van der Waals surface area contributed by atoms with E-state index in [1.165, 1.54) is 0 Å². The topological polar surface area (TPSA) is 116 Å². The van der Waals surface area contributed by atoms with Gasteiger partial charge in [0, 0.05) is 0 Å². The van der Waals surface area contributed by atoms with E-state index in [0.717, 1.165) is 12.1 Å². The van der Waals surface area contributed by atoms with Gasteiger partial charge in [0.2, 0.25) is 0 Å². The maximum absolute atomic E-state index is 12.8. The number of rotatable bonds is 5. The van der Waals surface area contributed by atoms with Crippen molar-refractivity contribution in [1.82, 2.24) is 0 Å². The lowest BCUT2D eigenvalue weighted by Crippen LogP contribution is -2.36. The molecule has 7 nitrogen and oxygen atoms in total. The molecule has 1 aromatic carbocycles. The predicted molar refractivity (Wildman–Crippen MR) is 54.2 cm³/mol. The van der Waals surface area contributed by atoms with E-state index in [9.17, 15) is 19.3 Å². The van der Waals surface area contributed by atoms with Gasteiger partial charge >= 0.3 is 11.7 Å². The lowest BCUT2D eigenvalue weighted by molar-refractivity contribution is -0.386. The molecule has 0 aromatic heterocycles. The SMILES string of the molecule is NC(COc1ccc(F)cc1[N+](=O)[O-])C(=O)O. The van der Waals surface area contributed by atoms with Gasteiger partial charge in [-0.15, -0.1) is 0 Å². The molecule has 17 heavy (non-hydrogen) atoms. The molecule has 3 N–H and O–H groups in total. The van der Waals surface area contributed by atoms with Crippen molar-refractivity contribution >= 4 is 11.7 Å². The molecular weight excluding hydrogens is 235 g/mol. The molecule has 0 saturated heterocycles. The van der Waals surface area contributed by atoms with E-state index >= 15 is 0 Å². The number of nitro groups is 1. The van der Waals surface area contributed by atoms with Crippen LogP contribution in [0.2, 0.25) is 0 Å². The number of carboxylic acids is 1. The lowest BCUT2D eigenvalue weighted by Gasteiger charge is -2.09. The zero-order chi connectivity index (χ0) is 13.0. The average Bonchev–Trinajstić information content (AvgIpc) is 2.26. The summed E-state index contributed by atoms with van der Waals surface area (Å²) in [7, 11) is 0. The molecule has 0 heterocycles. The number of halogens is 1. The van der Waals surface area contributed by atoms with Crippen LogP contribution in [0.25, 0.3) is 0 Å². The van der Waals surface area contributed by atoms with E-state index in [-0.39, 0.29) is 5.75 Å². The highest BCUT2D eigenvalue weighted by atomic mass is 19.1. The Balaban J connectivity index is 2.84. The molecule has 0 saturated carbocycles. The number of hydrogen-bond acceptors (Lipinski definition) is 5. The van der Waals surface area contributed by atoms with Crippen LogP contribution in [0, 0.1) is 15.9 Å². The summed E-state index contributed by atoms with van der Waals surface area (Å²) >= 11 is 0. The molecule has 1 atom stereocenters. The molecule has 0 spiro atoms. The Kier molecular flexibility index (Phi) is 3.94. The summed E-state index contributed by atoms with van der Waals surface area (Å²) in [6.45, 7) is -0.443. The Morgan fingerprint density at radius 2 is 2.29 bits per heavy atom. The number of nitrogens with two attached hydrogens (primary N) is 1. The van der Waals surface area contributed by atoms with Gasteiger partial charge in [0.15, 0.2) is 5.75 Å². The molecule has 8 heteroatoms. The first-order chi connectivity index (χ1) is 7.91. The average molecular weight is 244 g/mol. The van der Waals surface area contributed by atoms with Gasteiger partial charge in [0.25, 0.3) is 0 Å². The summed E-state index contributed by atoms with van der Waals surface area (Å²) in [5.41, 5.74) is 4.57. The summed E-state index contributed by atoms with van der Waals surface area (Å²) in [6, 6.07) is 1.39. The molecule has 0 aliphatic carbocycles. The number of benzene rings is 1. The Labute approximate surface area is 94.8 Å². The van der Waals surface area contributed by atoms with E-state index in [4.69, 9.17) is 15.6 Å². The number of hydrogen-bond donors (Lipinski definition) is 2. The van der Waals surface area contributed by atoms with Gasteiger partial charge in [-0.1, -0.05) is 0 Å². The zero-order valence-corrected chi connectivity index (χ0v) is 8.50. The Morgan fingerprint density at radius 1 is 1.65 bits per heavy atom. The number of aliphatic carboxylic acids is 1. The van der Waals surface area contributed by atoms with Crippen molar-refractivity contribution in [3.63, 3.8) is 0 Å². The summed E-state index contributed by atoms with van der Waals surface area (Å²) in [5, 5.41) is 19.0. The Bertz CT molecular complexity index is 451. The monoisotopic (exact) mass is 244 g/mol. The lowest BCUT2D eigenvalue weighted by atomic mass is 10.3. The Hall–Kier alpha value is -2.22. The van der Waals surface area contributed by atoms with Gasteiger partial charge in [-0.25, -0.2) is 4.39 Å². The fourth-order valence-electron chi connectivity index (χ4n) is 1.01. The van der Waals surface area contributed by atoms with E-state index < -0.39 is 35.0 Å². The van der Waals surface area contributed by atoms with Gasteiger partial charge in [0.05, 0.1) is 11.0 Å². The molecule has 92 valence electrons. The van der Waals surface area contributed by atoms with Gasteiger partial charge in [0.1, 0.15) is 18.5 Å². The fourth-order valence-corrected chi connectivity index (χ4v) is 1.01. The second-order valence-electron chi connectivity index (χ2n) is 3.12. The van der Waals surface area contributed by atoms with E-state index in [1.807, 2.05) is 0 Å². The minimum absolute atomic E-state index is 0.229. The van der Waals surface area contributed by atoms with Crippen LogP contribution in [0.15, 0.2) is 18.2 Å². The highest BCUT2D eigenvalue weighted by Gasteiger charge is 2.19. The van der Waals surface area contributed by atoms with Crippen LogP contribution in [-0.2, 0) is 4.79 Å². The van der Waals surface area contributed by atoms with Crippen molar-refractivity contribution in [2.24, 2.45) is 5.73 Å². The third kappa shape index (κ3) is 3.38. The van der Waals surface area contributed by atoms with Gasteiger partial charge in [-0.05, 0) is 12.1 Å². The number of carboxylic acid groups (broad SMARTS) is 1. The molecule has 1 unspecified atom stereocenters. The van der Waals surface area contributed by atoms with Gasteiger partial charge in [-0.2, -0.15) is 0 Å². The van der Waals surface area contributed by atoms with Crippen molar-refractivity contribution in [2.45, 2.75) is 6.04 Å². The van der Waals surface area contributed by atoms with Crippen molar-refractivity contribution in [1.29, 1.82) is 0 Å². The summed E-state index contributed by atoms with van der Waals surface area (Å²) in [5.74, 6) is -2.31. The van der Waals surface area contributed by atoms with Crippen LogP contribution in [0.1, 0.15) is 0 Å². The minimum Gasteiger partial charge on any atom is -0.485 e. The smallest absolute Gasteiger partial charge is 0.324 e. The molecule has 0 radical (unpaired) electrons. The quantitative estimate of drug-likeness (QED) is 0.576. The molecule has 0 aliphatic rings. The summed E-state index contributed by atoms with van der Waals surface area (Å²) < 4.78 is 17.6. The van der Waals surface area contributed by atoms with Crippen LogP contribution >= 0.6 is 0 Å². The fraction of sp³-hybridized carbons (Fsp3) is 0.222.